The first-order valence-corrected chi connectivity index (χ1v) is 8.37. The van der Waals surface area contributed by atoms with Crippen LogP contribution >= 0.6 is 23.4 Å². The van der Waals surface area contributed by atoms with Crippen molar-refractivity contribution in [2.24, 2.45) is 4.99 Å². The second kappa shape index (κ2) is 9.33. The standard InChI is InChI=1S/C16H19ClN4S/c1-18-16(21-12-14-4-2-3-9-19-14)20-10-11-22-15-7-5-13(17)6-8-15/h2-9H,10-12H2,1H3,(H2,18,20,21). The molecule has 0 radical (unpaired) electrons. The Labute approximate surface area is 140 Å². The van der Waals surface area contributed by atoms with Crippen molar-refractivity contribution >= 4 is 29.3 Å². The fourth-order valence-corrected chi connectivity index (χ4v) is 2.66. The van der Waals surface area contributed by atoms with Crippen LogP contribution in [0.15, 0.2) is 58.5 Å². The third-order valence-electron chi connectivity index (χ3n) is 2.86. The van der Waals surface area contributed by atoms with Crippen LogP contribution in [0.4, 0.5) is 0 Å². The van der Waals surface area contributed by atoms with E-state index in [0.717, 1.165) is 29.0 Å². The molecule has 0 fully saturated rings. The van der Waals surface area contributed by atoms with Crippen LogP contribution in [0.2, 0.25) is 5.02 Å². The van der Waals surface area contributed by atoms with E-state index in [1.165, 1.54) is 4.90 Å². The van der Waals surface area contributed by atoms with E-state index in [1.807, 2.05) is 42.5 Å². The summed E-state index contributed by atoms with van der Waals surface area (Å²) in [7, 11) is 1.76. The Morgan fingerprint density at radius 1 is 1.18 bits per heavy atom. The van der Waals surface area contributed by atoms with Crippen LogP contribution in [0.3, 0.4) is 0 Å². The molecule has 0 amide bonds. The highest BCUT2D eigenvalue weighted by molar-refractivity contribution is 7.99. The number of aliphatic imine (C=N–C) groups is 1. The van der Waals surface area contributed by atoms with Gasteiger partial charge in [-0.25, -0.2) is 0 Å². The van der Waals surface area contributed by atoms with Gasteiger partial charge >= 0.3 is 0 Å². The Kier molecular flexibility index (Phi) is 7.06. The molecule has 6 heteroatoms. The van der Waals surface area contributed by atoms with E-state index in [2.05, 4.69) is 20.6 Å². The van der Waals surface area contributed by atoms with Crippen molar-refractivity contribution in [1.29, 1.82) is 0 Å². The third kappa shape index (κ3) is 5.95. The first kappa shape index (κ1) is 16.6. The highest BCUT2D eigenvalue weighted by Gasteiger charge is 1.99. The summed E-state index contributed by atoms with van der Waals surface area (Å²) in [5.74, 6) is 1.73. The van der Waals surface area contributed by atoms with Crippen LogP contribution in [0.25, 0.3) is 0 Å². The number of nitrogens with one attached hydrogen (secondary N) is 2. The van der Waals surface area contributed by atoms with Crippen molar-refractivity contribution < 1.29 is 0 Å². The minimum Gasteiger partial charge on any atom is -0.356 e. The van der Waals surface area contributed by atoms with E-state index in [0.29, 0.717) is 6.54 Å². The molecular weight excluding hydrogens is 316 g/mol. The lowest BCUT2D eigenvalue weighted by atomic mass is 10.3. The van der Waals surface area contributed by atoms with Gasteiger partial charge < -0.3 is 10.6 Å². The molecule has 2 rings (SSSR count). The number of thioether (sulfide) groups is 1. The van der Waals surface area contributed by atoms with Gasteiger partial charge in [-0.05, 0) is 36.4 Å². The van der Waals surface area contributed by atoms with Gasteiger partial charge in [0.15, 0.2) is 5.96 Å². The lowest BCUT2D eigenvalue weighted by molar-refractivity contribution is 0.813. The van der Waals surface area contributed by atoms with E-state index in [-0.39, 0.29) is 0 Å². The highest BCUT2D eigenvalue weighted by Crippen LogP contribution is 2.19. The number of nitrogens with zero attached hydrogens (tertiary/aromatic N) is 2. The molecule has 1 aromatic carbocycles. The van der Waals surface area contributed by atoms with Crippen LogP contribution in [0.5, 0.6) is 0 Å². The van der Waals surface area contributed by atoms with Crippen molar-refractivity contribution in [3.05, 3.63) is 59.4 Å². The topological polar surface area (TPSA) is 49.3 Å². The van der Waals surface area contributed by atoms with Crippen LogP contribution in [-0.4, -0.2) is 30.3 Å². The van der Waals surface area contributed by atoms with E-state index in [4.69, 9.17) is 11.6 Å². The van der Waals surface area contributed by atoms with Gasteiger partial charge in [-0.1, -0.05) is 17.7 Å². The SMILES string of the molecule is CN=C(NCCSc1ccc(Cl)cc1)NCc1ccccn1. The zero-order valence-corrected chi connectivity index (χ0v) is 14.0. The van der Waals surface area contributed by atoms with Gasteiger partial charge in [-0.3, -0.25) is 9.98 Å². The molecule has 0 unspecified atom stereocenters. The number of aromatic nitrogens is 1. The third-order valence-corrected chi connectivity index (χ3v) is 4.13. The Hall–Kier alpha value is -1.72. The fraction of sp³-hybridized carbons (Fsp3) is 0.250. The molecule has 22 heavy (non-hydrogen) atoms. The van der Waals surface area contributed by atoms with Gasteiger partial charge in [-0.2, -0.15) is 0 Å². The van der Waals surface area contributed by atoms with Gasteiger partial charge in [0.25, 0.3) is 0 Å². The molecule has 0 aliphatic heterocycles. The zero-order valence-electron chi connectivity index (χ0n) is 12.4. The molecule has 116 valence electrons. The van der Waals surface area contributed by atoms with Gasteiger partial charge in [0.1, 0.15) is 0 Å². The number of hydrogen-bond donors (Lipinski definition) is 2. The van der Waals surface area contributed by atoms with Crippen LogP contribution in [0.1, 0.15) is 5.69 Å². The molecule has 0 atom stereocenters. The number of hydrogen-bond acceptors (Lipinski definition) is 3. The summed E-state index contributed by atoms with van der Waals surface area (Å²) >= 11 is 7.65. The van der Waals surface area contributed by atoms with Crippen LogP contribution in [0, 0.1) is 0 Å². The molecule has 2 N–H and O–H groups in total. The fourth-order valence-electron chi connectivity index (χ4n) is 1.77. The van der Waals surface area contributed by atoms with Crippen molar-refractivity contribution in [2.75, 3.05) is 19.3 Å². The molecule has 0 bridgehead atoms. The van der Waals surface area contributed by atoms with E-state index >= 15 is 0 Å². The summed E-state index contributed by atoms with van der Waals surface area (Å²) in [5.41, 5.74) is 0.987. The number of halogens is 1. The lowest BCUT2D eigenvalue weighted by Crippen LogP contribution is -2.38. The molecule has 0 aliphatic carbocycles. The van der Waals surface area contributed by atoms with E-state index in [1.54, 1.807) is 25.0 Å². The first-order valence-electron chi connectivity index (χ1n) is 7.01. The minimum atomic E-state index is 0.658. The van der Waals surface area contributed by atoms with Gasteiger partial charge in [0, 0.05) is 35.5 Å². The average Bonchev–Trinajstić information content (AvgIpc) is 2.57. The highest BCUT2D eigenvalue weighted by atomic mass is 35.5. The summed E-state index contributed by atoms with van der Waals surface area (Å²) in [6.45, 7) is 1.49. The second-order valence-corrected chi connectivity index (χ2v) is 6.08. The number of pyridine rings is 1. The summed E-state index contributed by atoms with van der Waals surface area (Å²) in [4.78, 5) is 9.68. The zero-order chi connectivity index (χ0) is 15.6. The van der Waals surface area contributed by atoms with Crippen LogP contribution < -0.4 is 10.6 Å². The van der Waals surface area contributed by atoms with Crippen molar-refractivity contribution in [2.45, 2.75) is 11.4 Å². The Morgan fingerprint density at radius 2 is 2.00 bits per heavy atom. The lowest BCUT2D eigenvalue weighted by Gasteiger charge is -2.11. The molecule has 1 aromatic heterocycles. The molecule has 0 spiro atoms. The maximum Gasteiger partial charge on any atom is 0.191 e. The van der Waals surface area contributed by atoms with Crippen molar-refractivity contribution in [3.8, 4) is 0 Å². The summed E-state index contributed by atoms with van der Waals surface area (Å²) in [5, 5.41) is 7.29. The molecule has 0 aliphatic rings. The van der Waals surface area contributed by atoms with Crippen molar-refractivity contribution in [1.82, 2.24) is 15.6 Å². The quantitative estimate of drug-likeness (QED) is 0.369. The van der Waals surface area contributed by atoms with Gasteiger partial charge in [-0.15, -0.1) is 11.8 Å². The summed E-state index contributed by atoms with van der Waals surface area (Å²) in [6, 6.07) is 13.7. The smallest absolute Gasteiger partial charge is 0.191 e. The molecule has 1 heterocycles. The largest absolute Gasteiger partial charge is 0.356 e. The monoisotopic (exact) mass is 334 g/mol. The van der Waals surface area contributed by atoms with Crippen LogP contribution in [-0.2, 0) is 6.54 Å². The predicted molar refractivity (Wildman–Crippen MR) is 94.6 cm³/mol. The summed E-state index contributed by atoms with van der Waals surface area (Å²) in [6.07, 6.45) is 1.79. The molecule has 2 aromatic rings. The van der Waals surface area contributed by atoms with E-state index < -0.39 is 0 Å². The Bertz CT molecular complexity index is 587. The molecule has 0 saturated heterocycles. The number of guanidine groups is 1. The van der Waals surface area contributed by atoms with Crippen molar-refractivity contribution in [3.63, 3.8) is 0 Å². The Morgan fingerprint density at radius 3 is 2.68 bits per heavy atom. The average molecular weight is 335 g/mol. The Balaban J connectivity index is 1.67. The number of rotatable bonds is 6. The van der Waals surface area contributed by atoms with E-state index in [9.17, 15) is 0 Å². The maximum atomic E-state index is 5.87. The number of benzene rings is 1. The van der Waals surface area contributed by atoms with Gasteiger partial charge in [0.2, 0.25) is 0 Å². The molecular formula is C16H19ClN4S. The summed E-state index contributed by atoms with van der Waals surface area (Å²) < 4.78 is 0. The normalized spacial score (nSPS) is 11.3. The molecule has 4 nitrogen and oxygen atoms in total. The predicted octanol–water partition coefficient (Wildman–Crippen LogP) is 3.19. The second-order valence-electron chi connectivity index (χ2n) is 4.48. The maximum absolute atomic E-state index is 5.87. The van der Waals surface area contributed by atoms with Gasteiger partial charge in [0.05, 0.1) is 12.2 Å². The first-order chi connectivity index (χ1) is 10.8. The minimum absolute atomic E-state index is 0.658. The molecule has 0 saturated carbocycles.